The molecular weight excluding hydrogens is 707 g/mol. The Kier molecular flexibility index (Phi) is 7.68. The lowest BCUT2D eigenvalue weighted by Gasteiger charge is -2.22. The van der Waals surface area contributed by atoms with Crippen molar-refractivity contribution in [2.75, 3.05) is 0 Å². The maximum Gasteiger partial charge on any atom is 0.160 e. The van der Waals surface area contributed by atoms with Crippen LogP contribution in [0.5, 0.6) is 0 Å². The fraction of sp³-hybridized carbons (Fsp3) is 0. The maximum atomic E-state index is 5.04. The van der Waals surface area contributed by atoms with Gasteiger partial charge in [-0.1, -0.05) is 175 Å². The molecule has 1 aliphatic heterocycles. The van der Waals surface area contributed by atoms with Crippen LogP contribution in [-0.4, -0.2) is 14.5 Å². The minimum atomic E-state index is 0.711. The molecule has 0 bridgehead atoms. The number of rotatable bonds is 5. The average Bonchev–Trinajstić information content (AvgIpc) is 3.62. The Labute approximate surface area is 327 Å². The predicted molar refractivity (Wildman–Crippen MR) is 230 cm³/mol. The fourth-order valence-electron chi connectivity index (χ4n) is 7.86. The smallest absolute Gasteiger partial charge is 0.160 e. The molecule has 55 heavy (non-hydrogen) atoms. The molecule has 3 heterocycles. The van der Waals surface area contributed by atoms with E-state index in [0.29, 0.717) is 5.82 Å². The van der Waals surface area contributed by atoms with Gasteiger partial charge in [0.05, 0.1) is 27.3 Å². The molecule has 0 spiro atoms. The highest BCUT2D eigenvalue weighted by atomic mass is 32.2. The molecular formula is C50H31N3S2. The van der Waals surface area contributed by atoms with Gasteiger partial charge in [-0.2, -0.15) is 0 Å². The van der Waals surface area contributed by atoms with E-state index in [1.165, 1.54) is 52.2 Å². The number of benzene rings is 8. The zero-order valence-corrected chi connectivity index (χ0v) is 31.2. The van der Waals surface area contributed by atoms with Gasteiger partial charge in [-0.05, 0) is 58.3 Å². The second-order valence-corrected chi connectivity index (χ2v) is 15.9. The Morgan fingerprint density at radius 2 is 0.873 bits per heavy atom. The van der Waals surface area contributed by atoms with E-state index in [4.69, 9.17) is 9.97 Å². The first-order chi connectivity index (χ1) is 27.3. The first kappa shape index (κ1) is 32.1. The number of hydrogen-bond donors (Lipinski definition) is 0. The summed E-state index contributed by atoms with van der Waals surface area (Å²) in [6.07, 6.45) is 0. The highest BCUT2D eigenvalue weighted by Crippen LogP contribution is 2.55. The summed E-state index contributed by atoms with van der Waals surface area (Å²) in [7, 11) is 0. The van der Waals surface area contributed by atoms with E-state index in [2.05, 4.69) is 156 Å². The normalized spacial score (nSPS) is 12.2. The quantitative estimate of drug-likeness (QED) is 0.176. The molecule has 5 heteroatoms. The Morgan fingerprint density at radius 3 is 1.51 bits per heavy atom. The lowest BCUT2D eigenvalue weighted by atomic mass is 10.0. The van der Waals surface area contributed by atoms with Crippen LogP contribution in [0, 0.1) is 0 Å². The highest BCUT2D eigenvalue weighted by molar-refractivity contribution is 8.05. The first-order valence-corrected chi connectivity index (χ1v) is 20.0. The van der Waals surface area contributed by atoms with E-state index in [1.54, 1.807) is 0 Å². The van der Waals surface area contributed by atoms with E-state index in [-0.39, 0.29) is 0 Å². The second-order valence-electron chi connectivity index (χ2n) is 13.7. The van der Waals surface area contributed by atoms with Gasteiger partial charge in [0.2, 0.25) is 0 Å². The van der Waals surface area contributed by atoms with Gasteiger partial charge in [-0.3, -0.25) is 0 Å². The van der Waals surface area contributed by atoms with Gasteiger partial charge in [0, 0.05) is 47.8 Å². The van der Waals surface area contributed by atoms with Crippen molar-refractivity contribution in [3.8, 4) is 50.7 Å². The standard InChI is InChI=1S/C50H31N3S2/c1-3-13-34(14-4-1)41-31-42(35-15-5-2-6-16-35)52-50(51-41)36-25-23-32(24-26-36)33-27-29-37(30-28-33)53-43-20-10-9-19-40(43)46-38-17-7-8-18-39(38)48-49(47(46)53)55-45-22-12-11-21-44(45)54-48/h1-31H. The third-order valence-corrected chi connectivity index (χ3v) is 13.1. The van der Waals surface area contributed by atoms with Crippen LogP contribution < -0.4 is 0 Å². The number of para-hydroxylation sites is 1. The van der Waals surface area contributed by atoms with E-state index < -0.39 is 0 Å². The summed E-state index contributed by atoms with van der Waals surface area (Å²) in [6, 6.07) is 66.9. The van der Waals surface area contributed by atoms with Crippen LogP contribution in [0.3, 0.4) is 0 Å². The van der Waals surface area contributed by atoms with Crippen LogP contribution in [-0.2, 0) is 0 Å². The van der Waals surface area contributed by atoms with Crippen molar-refractivity contribution >= 4 is 56.1 Å². The molecule has 0 unspecified atom stereocenters. The topological polar surface area (TPSA) is 30.7 Å². The predicted octanol–water partition coefficient (Wildman–Crippen LogP) is 14.0. The molecule has 0 fully saturated rings. The molecule has 11 rings (SSSR count). The lowest BCUT2D eigenvalue weighted by Crippen LogP contribution is -1.99. The molecule has 0 radical (unpaired) electrons. The summed E-state index contributed by atoms with van der Waals surface area (Å²) in [5.74, 6) is 0.711. The summed E-state index contributed by atoms with van der Waals surface area (Å²) in [4.78, 5) is 15.4. The largest absolute Gasteiger partial charge is 0.308 e. The van der Waals surface area contributed by atoms with Crippen molar-refractivity contribution in [1.29, 1.82) is 0 Å². The van der Waals surface area contributed by atoms with E-state index in [0.717, 1.165) is 44.9 Å². The maximum absolute atomic E-state index is 5.04. The van der Waals surface area contributed by atoms with Crippen LogP contribution in [0.25, 0.3) is 83.3 Å². The Hall–Kier alpha value is -6.40. The van der Waals surface area contributed by atoms with Gasteiger partial charge in [0.15, 0.2) is 5.82 Å². The molecule has 0 aliphatic carbocycles. The SMILES string of the molecule is c1ccc(-c2cc(-c3ccccc3)nc(-c3ccc(-c4ccc(-n5c6ccccc6c6c7ccccc7c7c(c65)Sc5ccccc5S7)cc4)cc3)n2)cc1. The molecule has 2 aromatic heterocycles. The van der Waals surface area contributed by atoms with Crippen LogP contribution in [0.2, 0.25) is 0 Å². The Bertz CT molecular complexity index is 3010. The molecule has 258 valence electrons. The molecule has 3 nitrogen and oxygen atoms in total. The molecule has 0 atom stereocenters. The van der Waals surface area contributed by atoms with Gasteiger partial charge in [0.1, 0.15) is 0 Å². The van der Waals surface area contributed by atoms with Gasteiger partial charge in [-0.15, -0.1) is 0 Å². The van der Waals surface area contributed by atoms with E-state index in [1.807, 2.05) is 59.9 Å². The zero-order valence-electron chi connectivity index (χ0n) is 29.6. The number of fused-ring (bicyclic) bond motifs is 9. The number of hydrogen-bond acceptors (Lipinski definition) is 4. The van der Waals surface area contributed by atoms with Crippen LogP contribution in [0.15, 0.2) is 208 Å². The number of nitrogens with zero attached hydrogens (tertiary/aromatic N) is 3. The van der Waals surface area contributed by atoms with Gasteiger partial charge in [-0.25, -0.2) is 9.97 Å². The fourth-order valence-corrected chi connectivity index (χ4v) is 10.4. The zero-order chi connectivity index (χ0) is 36.3. The third kappa shape index (κ3) is 5.46. The van der Waals surface area contributed by atoms with Crippen molar-refractivity contribution in [2.45, 2.75) is 19.6 Å². The molecule has 0 saturated carbocycles. The van der Waals surface area contributed by atoms with Gasteiger partial charge in [0.25, 0.3) is 0 Å². The Morgan fingerprint density at radius 1 is 0.382 bits per heavy atom. The highest BCUT2D eigenvalue weighted by Gasteiger charge is 2.27. The minimum absolute atomic E-state index is 0.711. The van der Waals surface area contributed by atoms with Crippen molar-refractivity contribution in [1.82, 2.24) is 14.5 Å². The van der Waals surface area contributed by atoms with E-state index in [9.17, 15) is 0 Å². The summed E-state index contributed by atoms with van der Waals surface area (Å²) in [5, 5.41) is 5.19. The summed E-state index contributed by atoms with van der Waals surface area (Å²) < 4.78 is 2.48. The van der Waals surface area contributed by atoms with E-state index >= 15 is 0 Å². The molecule has 1 aliphatic rings. The lowest BCUT2D eigenvalue weighted by molar-refractivity contribution is 1.12. The summed E-state index contributed by atoms with van der Waals surface area (Å²) in [5.41, 5.74) is 10.9. The van der Waals surface area contributed by atoms with Crippen molar-refractivity contribution in [3.05, 3.63) is 188 Å². The molecule has 0 N–H and O–H groups in total. The van der Waals surface area contributed by atoms with Crippen molar-refractivity contribution in [3.63, 3.8) is 0 Å². The number of aromatic nitrogens is 3. The van der Waals surface area contributed by atoms with Crippen molar-refractivity contribution < 1.29 is 0 Å². The molecule has 10 aromatic rings. The first-order valence-electron chi connectivity index (χ1n) is 18.4. The molecule has 0 amide bonds. The van der Waals surface area contributed by atoms with Crippen LogP contribution >= 0.6 is 23.5 Å². The van der Waals surface area contributed by atoms with Crippen LogP contribution in [0.4, 0.5) is 0 Å². The minimum Gasteiger partial charge on any atom is -0.308 e. The average molecular weight is 738 g/mol. The Balaban J connectivity index is 1.00. The van der Waals surface area contributed by atoms with Gasteiger partial charge >= 0.3 is 0 Å². The summed E-state index contributed by atoms with van der Waals surface area (Å²) in [6.45, 7) is 0. The second kappa shape index (κ2) is 13.2. The molecule has 0 saturated heterocycles. The summed E-state index contributed by atoms with van der Waals surface area (Å²) >= 11 is 3.79. The monoisotopic (exact) mass is 737 g/mol. The third-order valence-electron chi connectivity index (χ3n) is 10.5. The van der Waals surface area contributed by atoms with Gasteiger partial charge < -0.3 is 4.57 Å². The molecule has 8 aromatic carbocycles. The van der Waals surface area contributed by atoms with Crippen LogP contribution in [0.1, 0.15) is 0 Å². The van der Waals surface area contributed by atoms with Crippen molar-refractivity contribution in [2.24, 2.45) is 0 Å².